The lowest BCUT2D eigenvalue weighted by Gasteiger charge is -2.53. The fourth-order valence-electron chi connectivity index (χ4n) is 6.88. The van der Waals surface area contributed by atoms with Crippen LogP contribution in [0.15, 0.2) is 22.8 Å². The largest absolute Gasteiger partial charge is 0.388 e. The summed E-state index contributed by atoms with van der Waals surface area (Å²) in [4.78, 5) is 37.7. The zero-order chi connectivity index (χ0) is 30.3. The van der Waals surface area contributed by atoms with Crippen molar-refractivity contribution in [1.82, 2.24) is 25.8 Å². The van der Waals surface area contributed by atoms with Crippen molar-refractivity contribution in [2.75, 3.05) is 25.5 Å². The summed E-state index contributed by atoms with van der Waals surface area (Å²) in [7, 11) is 1.95. The SMILES string of the molecule is CC.CNc1ccc2c(c1)CC(C)(N1CC3(CCC3)CNC1=O)C2.Cc1nonc1C(=O)NC(C=O)C1CCCCC1. The molecule has 2 saturated carbocycles. The van der Waals surface area contributed by atoms with Crippen LogP contribution in [0.2, 0.25) is 0 Å². The Balaban J connectivity index is 0.000000186. The van der Waals surface area contributed by atoms with E-state index in [0.717, 1.165) is 63.6 Å². The molecule has 1 saturated heterocycles. The van der Waals surface area contributed by atoms with Crippen molar-refractivity contribution in [2.24, 2.45) is 11.3 Å². The number of benzene rings is 1. The first-order valence-corrected chi connectivity index (χ1v) is 15.7. The smallest absolute Gasteiger partial charge is 0.317 e. The van der Waals surface area contributed by atoms with Gasteiger partial charge < -0.3 is 25.6 Å². The second-order valence-corrected chi connectivity index (χ2v) is 12.4. The molecule has 1 aliphatic heterocycles. The molecule has 42 heavy (non-hydrogen) atoms. The summed E-state index contributed by atoms with van der Waals surface area (Å²) >= 11 is 0. The minimum atomic E-state index is -0.436. The number of fused-ring (bicyclic) bond motifs is 1. The third kappa shape index (κ3) is 6.79. The van der Waals surface area contributed by atoms with Gasteiger partial charge in [-0.1, -0.05) is 50.8 Å². The number of aromatic nitrogens is 2. The van der Waals surface area contributed by atoms with E-state index in [1.54, 1.807) is 6.92 Å². The number of amides is 3. The first kappa shape index (κ1) is 31.5. The number of carbonyl (C=O) groups is 3. The molecule has 3 N–H and O–H groups in total. The predicted octanol–water partition coefficient (Wildman–Crippen LogP) is 5.06. The van der Waals surface area contributed by atoms with Gasteiger partial charge in [-0.25, -0.2) is 9.42 Å². The van der Waals surface area contributed by atoms with Crippen molar-refractivity contribution in [3.63, 3.8) is 0 Å². The summed E-state index contributed by atoms with van der Waals surface area (Å²) in [6.45, 7) is 9.70. The molecule has 10 nitrogen and oxygen atoms in total. The van der Waals surface area contributed by atoms with E-state index in [1.165, 1.54) is 36.8 Å². The van der Waals surface area contributed by atoms with Gasteiger partial charge in [-0.05, 0) is 86.7 Å². The average Bonchev–Trinajstić information content (AvgIpc) is 3.59. The van der Waals surface area contributed by atoms with E-state index in [9.17, 15) is 14.4 Å². The summed E-state index contributed by atoms with van der Waals surface area (Å²) in [5.74, 6) is -0.156. The van der Waals surface area contributed by atoms with E-state index in [2.05, 4.69) is 60.9 Å². The van der Waals surface area contributed by atoms with Crippen LogP contribution in [0.1, 0.15) is 99.4 Å². The first-order valence-electron chi connectivity index (χ1n) is 15.7. The van der Waals surface area contributed by atoms with Crippen molar-refractivity contribution >= 4 is 23.9 Å². The summed E-state index contributed by atoms with van der Waals surface area (Å²) in [6.07, 6.45) is 12.0. The Morgan fingerprint density at radius 1 is 1.12 bits per heavy atom. The van der Waals surface area contributed by atoms with Crippen molar-refractivity contribution in [3.05, 3.63) is 40.7 Å². The third-order valence-corrected chi connectivity index (χ3v) is 9.53. The van der Waals surface area contributed by atoms with E-state index in [4.69, 9.17) is 0 Å². The zero-order valence-electron chi connectivity index (χ0n) is 25.9. The van der Waals surface area contributed by atoms with Crippen LogP contribution >= 0.6 is 0 Å². The van der Waals surface area contributed by atoms with E-state index >= 15 is 0 Å². The normalized spacial score (nSPS) is 23.2. The van der Waals surface area contributed by atoms with Gasteiger partial charge in [-0.15, -0.1) is 0 Å². The highest BCUT2D eigenvalue weighted by Crippen LogP contribution is 2.46. The molecular weight excluding hydrogens is 532 g/mol. The molecule has 1 spiro atoms. The number of urea groups is 1. The molecule has 3 amide bonds. The number of aldehydes is 1. The number of hydrogen-bond acceptors (Lipinski definition) is 7. The average molecular weight is 581 g/mol. The molecule has 2 aromatic rings. The van der Waals surface area contributed by atoms with Crippen LogP contribution < -0.4 is 16.0 Å². The first-order chi connectivity index (χ1) is 20.3. The Hall–Kier alpha value is -3.43. The van der Waals surface area contributed by atoms with Gasteiger partial charge in [-0.3, -0.25) is 4.79 Å². The quantitative estimate of drug-likeness (QED) is 0.407. The fourth-order valence-corrected chi connectivity index (χ4v) is 6.88. The minimum absolute atomic E-state index is 0.0816. The van der Waals surface area contributed by atoms with Crippen LogP contribution in [0.3, 0.4) is 0 Å². The number of carbonyl (C=O) groups excluding carboxylic acids is 3. The van der Waals surface area contributed by atoms with Crippen LogP contribution in [0.25, 0.3) is 0 Å². The van der Waals surface area contributed by atoms with Gasteiger partial charge in [0, 0.05) is 36.8 Å². The molecule has 2 atom stereocenters. The zero-order valence-corrected chi connectivity index (χ0v) is 25.9. The Labute approximate surface area is 249 Å². The lowest BCUT2D eigenvalue weighted by atomic mass is 9.67. The maximum Gasteiger partial charge on any atom is 0.317 e. The van der Waals surface area contributed by atoms with Crippen molar-refractivity contribution in [2.45, 2.75) is 103 Å². The van der Waals surface area contributed by atoms with Crippen LogP contribution in [-0.2, 0) is 17.6 Å². The highest BCUT2D eigenvalue weighted by molar-refractivity contribution is 5.94. The molecule has 10 heteroatoms. The molecule has 1 aromatic heterocycles. The second-order valence-electron chi connectivity index (χ2n) is 12.4. The Morgan fingerprint density at radius 2 is 1.83 bits per heavy atom. The lowest BCUT2D eigenvalue weighted by Crippen LogP contribution is -2.65. The molecule has 0 bridgehead atoms. The van der Waals surface area contributed by atoms with Gasteiger partial charge in [0.25, 0.3) is 5.91 Å². The van der Waals surface area contributed by atoms with Gasteiger partial charge in [0.05, 0.1) is 6.04 Å². The van der Waals surface area contributed by atoms with E-state index < -0.39 is 11.9 Å². The van der Waals surface area contributed by atoms with Crippen LogP contribution in [0.4, 0.5) is 10.5 Å². The number of nitrogens with zero attached hydrogens (tertiary/aromatic N) is 3. The topological polar surface area (TPSA) is 129 Å². The van der Waals surface area contributed by atoms with Gasteiger partial charge >= 0.3 is 6.03 Å². The van der Waals surface area contributed by atoms with Crippen LogP contribution in [0.5, 0.6) is 0 Å². The summed E-state index contributed by atoms with van der Waals surface area (Å²) in [6, 6.07) is 6.28. The molecule has 3 fully saturated rings. The summed E-state index contributed by atoms with van der Waals surface area (Å²) < 4.78 is 4.48. The fraction of sp³-hybridized carbons (Fsp3) is 0.656. The van der Waals surface area contributed by atoms with Crippen LogP contribution in [-0.4, -0.2) is 65.2 Å². The summed E-state index contributed by atoms with van der Waals surface area (Å²) in [5.41, 5.74) is 4.78. The van der Waals surface area contributed by atoms with Crippen molar-refractivity contribution < 1.29 is 19.0 Å². The second kappa shape index (κ2) is 13.7. The highest BCUT2D eigenvalue weighted by atomic mass is 16.6. The van der Waals surface area contributed by atoms with E-state index in [1.807, 2.05) is 20.9 Å². The standard InChI is InChI=1S/C18H25N3O.C12H17N3O3.C2H6/c1-17(9-13-4-5-15(19-2)8-14(13)10-17)21-12-18(6-3-7-18)11-20-16(21)22;1-8-11(15-18-14-8)12(17)13-10(7-16)9-5-3-2-4-6-9;1-2/h4-5,8,19H,3,6-7,9-12H2,1-2H3,(H,20,22);7,9-10H,2-6H2,1H3,(H,13,17);1-2H3. The molecule has 230 valence electrons. The molecule has 2 heterocycles. The Bertz CT molecular complexity index is 1240. The van der Waals surface area contributed by atoms with Crippen molar-refractivity contribution in [1.29, 1.82) is 0 Å². The molecule has 3 aliphatic carbocycles. The molecule has 4 aliphatic rings. The minimum Gasteiger partial charge on any atom is -0.388 e. The van der Waals surface area contributed by atoms with Gasteiger partial charge in [0.15, 0.2) is 5.69 Å². The molecule has 0 radical (unpaired) electrons. The number of rotatable bonds is 6. The molecule has 6 rings (SSSR count). The van der Waals surface area contributed by atoms with Gasteiger partial charge in [0.1, 0.15) is 12.0 Å². The van der Waals surface area contributed by atoms with E-state index in [-0.39, 0.29) is 23.2 Å². The maximum atomic E-state index is 12.5. The van der Waals surface area contributed by atoms with E-state index in [0.29, 0.717) is 11.1 Å². The van der Waals surface area contributed by atoms with Crippen molar-refractivity contribution in [3.8, 4) is 0 Å². The highest BCUT2D eigenvalue weighted by Gasteiger charge is 2.49. The predicted molar refractivity (Wildman–Crippen MR) is 162 cm³/mol. The Morgan fingerprint density at radius 3 is 2.43 bits per heavy atom. The van der Waals surface area contributed by atoms with Crippen LogP contribution in [0, 0.1) is 18.3 Å². The number of aryl methyl sites for hydroxylation is 1. The monoisotopic (exact) mass is 580 g/mol. The summed E-state index contributed by atoms with van der Waals surface area (Å²) in [5, 5.41) is 16.2. The van der Waals surface area contributed by atoms with Gasteiger partial charge in [-0.2, -0.15) is 0 Å². The lowest BCUT2D eigenvalue weighted by molar-refractivity contribution is -0.110. The van der Waals surface area contributed by atoms with Gasteiger partial charge in [0.2, 0.25) is 0 Å². The Kier molecular flexibility index (Phi) is 10.3. The molecular formula is C32H48N6O4. The molecule has 2 unspecified atom stereocenters. The maximum absolute atomic E-state index is 12.5. The number of anilines is 1. The molecule has 1 aromatic carbocycles. The number of nitrogens with one attached hydrogen (secondary N) is 3. The third-order valence-electron chi connectivity index (χ3n) is 9.53. The number of hydrogen-bond donors (Lipinski definition) is 3.